The molecule has 0 radical (unpaired) electrons. The second-order valence-corrected chi connectivity index (χ2v) is 11.7. The van der Waals surface area contributed by atoms with Gasteiger partial charge in [0.2, 0.25) is 0 Å². The summed E-state index contributed by atoms with van der Waals surface area (Å²) in [5.74, 6) is 0. The van der Waals surface area contributed by atoms with Crippen LogP contribution in [0.3, 0.4) is 0 Å². The first-order chi connectivity index (χ1) is 21.5. The molecule has 3 atom stereocenters. The van der Waals surface area contributed by atoms with Crippen LogP contribution in [0.25, 0.3) is 6.08 Å². The van der Waals surface area contributed by atoms with E-state index in [1.54, 1.807) is 6.08 Å². The Morgan fingerprint density at radius 2 is 1.89 bits per heavy atom. The summed E-state index contributed by atoms with van der Waals surface area (Å²) in [5, 5.41) is 15.8. The predicted octanol–water partition coefficient (Wildman–Crippen LogP) is 10.4. The molecule has 0 saturated heterocycles. The van der Waals surface area contributed by atoms with Crippen molar-refractivity contribution in [1.82, 2.24) is 5.32 Å². The first kappa shape index (κ1) is 34.8. The highest BCUT2D eigenvalue weighted by atomic mass is 16.3. The summed E-state index contributed by atoms with van der Waals surface area (Å²) in [6.07, 6.45) is 41.0. The number of hydrogen-bond acceptors (Lipinski definition) is 2. The van der Waals surface area contributed by atoms with Crippen molar-refractivity contribution in [3.8, 4) is 0 Å². The second-order valence-electron chi connectivity index (χ2n) is 11.7. The van der Waals surface area contributed by atoms with Crippen molar-refractivity contribution >= 4 is 6.08 Å². The van der Waals surface area contributed by atoms with Crippen LogP contribution in [0.5, 0.6) is 0 Å². The Balaban J connectivity index is 2.21. The number of aliphatic hydroxyl groups excluding tert-OH is 1. The summed E-state index contributed by atoms with van der Waals surface area (Å²) in [7, 11) is 2.06. The fourth-order valence-corrected chi connectivity index (χ4v) is 6.10. The maximum absolute atomic E-state index is 12.2. The average Bonchev–Trinajstić information content (AvgIpc) is 3.02. The first-order valence-electron chi connectivity index (χ1n) is 16.3. The van der Waals surface area contributed by atoms with Gasteiger partial charge < -0.3 is 10.4 Å². The van der Waals surface area contributed by atoms with Crippen molar-refractivity contribution < 1.29 is 5.11 Å². The van der Waals surface area contributed by atoms with Crippen molar-refractivity contribution in [2.24, 2.45) is 0 Å². The number of hydrogen-bond donors (Lipinski definition) is 2. The van der Waals surface area contributed by atoms with Crippen LogP contribution in [0.1, 0.15) is 76.3 Å². The number of unbranched alkanes of at least 4 members (excludes halogenated alkanes) is 2. The molecule has 2 aliphatic rings. The van der Waals surface area contributed by atoms with Crippen molar-refractivity contribution in [1.29, 1.82) is 0 Å². The highest BCUT2D eigenvalue weighted by molar-refractivity contribution is 5.59. The molecule has 0 heterocycles. The first-order valence-corrected chi connectivity index (χ1v) is 16.3. The Morgan fingerprint density at radius 3 is 2.66 bits per heavy atom. The molecule has 1 aromatic carbocycles. The molecule has 3 unspecified atom stereocenters. The van der Waals surface area contributed by atoms with Gasteiger partial charge in [0.1, 0.15) is 0 Å². The third kappa shape index (κ3) is 9.91. The zero-order valence-corrected chi connectivity index (χ0v) is 27.2. The lowest BCUT2D eigenvalue weighted by Crippen LogP contribution is -2.39. The van der Waals surface area contributed by atoms with E-state index in [0.29, 0.717) is 6.42 Å². The van der Waals surface area contributed by atoms with Gasteiger partial charge in [-0.15, -0.1) is 0 Å². The molecule has 1 spiro atoms. The smallest absolute Gasteiger partial charge is 0.0829 e. The standard InChI is InChI=1S/C42H53NO/c1-6-9-12-15-21-35-29-28-34(4)32-37(38(25-11-8-3)40(43-5)27-14-10-7-2)24-20-31-42(41(44)33-35)30-19-13-16-22-36-23-17-18-26-39(36)42/h6,8-9,11-13,16-20,22-26,28-29,32-33,40-41,43-44H,1,4,7,10,14-15,21,27,30-31H2,2-3,5H3/b11-8-,12-9-,19-13-,22-16-,24-20-,29-28-,35-33-,37-32+,38-25-. The largest absolute Gasteiger partial charge is 0.388 e. The summed E-state index contributed by atoms with van der Waals surface area (Å²) in [5.41, 5.74) is 6.23. The van der Waals surface area contributed by atoms with Crippen LogP contribution in [0, 0.1) is 0 Å². The van der Waals surface area contributed by atoms with Crippen LogP contribution in [0.2, 0.25) is 0 Å². The molecular weight excluding hydrogens is 534 g/mol. The van der Waals surface area contributed by atoms with Gasteiger partial charge in [0.25, 0.3) is 0 Å². The van der Waals surface area contributed by atoms with E-state index in [1.165, 1.54) is 30.4 Å². The van der Waals surface area contributed by atoms with Gasteiger partial charge in [0.15, 0.2) is 0 Å². The van der Waals surface area contributed by atoms with Crippen LogP contribution in [0.4, 0.5) is 0 Å². The summed E-state index contributed by atoms with van der Waals surface area (Å²) < 4.78 is 0. The van der Waals surface area contributed by atoms with Crippen LogP contribution in [-0.2, 0) is 5.41 Å². The van der Waals surface area contributed by atoms with E-state index in [2.05, 4.69) is 149 Å². The monoisotopic (exact) mass is 587 g/mol. The van der Waals surface area contributed by atoms with E-state index in [0.717, 1.165) is 48.0 Å². The highest BCUT2D eigenvalue weighted by Gasteiger charge is 2.38. The molecule has 1 aromatic rings. The van der Waals surface area contributed by atoms with Crippen LogP contribution >= 0.6 is 0 Å². The molecule has 0 bridgehead atoms. The fourth-order valence-electron chi connectivity index (χ4n) is 6.10. The average molecular weight is 588 g/mol. The van der Waals surface area contributed by atoms with E-state index in [9.17, 15) is 5.11 Å². The SMILES string of the molecule is C=C/C=C\CCC1=C/C(O)C2(C/C=C\C=C/c3ccccc32)C\C=C/C(C(=C/C=C\C)/C(CCCCC)NC)=C\C(=C)/C=C\1. The summed E-state index contributed by atoms with van der Waals surface area (Å²) in [4.78, 5) is 0. The molecule has 44 heavy (non-hydrogen) atoms. The lowest BCUT2D eigenvalue weighted by Gasteiger charge is -2.38. The van der Waals surface area contributed by atoms with Gasteiger partial charge in [0.05, 0.1) is 6.10 Å². The fraction of sp³-hybridized carbons (Fsp3) is 0.333. The van der Waals surface area contributed by atoms with Gasteiger partial charge in [-0.25, -0.2) is 0 Å². The zero-order valence-electron chi connectivity index (χ0n) is 27.2. The number of benzene rings is 1. The zero-order chi connectivity index (χ0) is 31.6. The predicted molar refractivity (Wildman–Crippen MR) is 194 cm³/mol. The highest BCUT2D eigenvalue weighted by Crippen LogP contribution is 2.41. The molecule has 232 valence electrons. The summed E-state index contributed by atoms with van der Waals surface area (Å²) in [6.45, 7) is 12.5. The Morgan fingerprint density at radius 1 is 1.07 bits per heavy atom. The second kappa shape index (κ2) is 18.8. The normalized spacial score (nSPS) is 27.1. The minimum Gasteiger partial charge on any atom is -0.388 e. The third-order valence-corrected chi connectivity index (χ3v) is 8.57. The number of rotatable bonds is 12. The molecule has 2 heteroatoms. The lowest BCUT2D eigenvalue weighted by atomic mass is 9.67. The number of aliphatic hydroxyl groups is 1. The van der Waals surface area contributed by atoms with Crippen molar-refractivity contribution in [2.45, 2.75) is 82.8 Å². The minimum absolute atomic E-state index is 0.222. The van der Waals surface area contributed by atoms with E-state index in [-0.39, 0.29) is 6.04 Å². The van der Waals surface area contributed by atoms with Gasteiger partial charge in [-0.05, 0) is 85.6 Å². The molecular formula is C42H53NO. The number of likely N-dealkylation sites (N-methyl/N-ethyl adjacent to an activating group) is 1. The van der Waals surface area contributed by atoms with E-state index < -0.39 is 11.5 Å². The van der Waals surface area contributed by atoms with Gasteiger partial charge >= 0.3 is 0 Å². The lowest BCUT2D eigenvalue weighted by molar-refractivity contribution is 0.123. The molecule has 3 rings (SSSR count). The Labute approximate surface area is 267 Å². The topological polar surface area (TPSA) is 32.3 Å². The number of allylic oxidation sites excluding steroid dienone is 16. The number of nitrogens with one attached hydrogen (secondary N) is 1. The van der Waals surface area contributed by atoms with Crippen molar-refractivity contribution in [3.63, 3.8) is 0 Å². The molecule has 2 nitrogen and oxygen atoms in total. The molecule has 0 aromatic heterocycles. The molecule has 0 amide bonds. The molecule has 0 aliphatic heterocycles. The van der Waals surface area contributed by atoms with Gasteiger partial charge in [-0.3, -0.25) is 0 Å². The van der Waals surface area contributed by atoms with Crippen LogP contribution in [-0.4, -0.2) is 24.3 Å². The Bertz CT molecular complexity index is 1370. The molecule has 0 fully saturated rings. The van der Waals surface area contributed by atoms with Gasteiger partial charge in [-0.1, -0.05) is 155 Å². The summed E-state index contributed by atoms with van der Waals surface area (Å²) >= 11 is 0. The van der Waals surface area contributed by atoms with E-state index in [1.807, 2.05) is 6.08 Å². The third-order valence-electron chi connectivity index (χ3n) is 8.57. The van der Waals surface area contributed by atoms with Crippen LogP contribution < -0.4 is 5.32 Å². The quantitative estimate of drug-likeness (QED) is 0.188. The van der Waals surface area contributed by atoms with E-state index >= 15 is 0 Å². The van der Waals surface area contributed by atoms with Crippen molar-refractivity contribution in [3.05, 3.63) is 162 Å². The maximum atomic E-state index is 12.2. The van der Waals surface area contributed by atoms with Gasteiger partial charge in [0, 0.05) is 11.5 Å². The summed E-state index contributed by atoms with van der Waals surface area (Å²) in [6, 6.07) is 8.75. The van der Waals surface area contributed by atoms with Gasteiger partial charge in [-0.2, -0.15) is 0 Å². The maximum Gasteiger partial charge on any atom is 0.0829 e. The molecule has 2 aliphatic carbocycles. The van der Waals surface area contributed by atoms with E-state index in [4.69, 9.17) is 0 Å². The number of fused-ring (bicyclic) bond motifs is 2. The molecule has 0 saturated carbocycles. The minimum atomic E-state index is -0.690. The molecule has 2 N–H and O–H groups in total. The van der Waals surface area contributed by atoms with Crippen LogP contribution in [0.15, 0.2) is 151 Å². The Kier molecular flexibility index (Phi) is 14.9. The Hall–Kier alpha value is -3.72. The van der Waals surface area contributed by atoms with Crippen molar-refractivity contribution in [2.75, 3.05) is 7.05 Å².